The molecule has 1 aliphatic heterocycles. The van der Waals surface area contributed by atoms with Gasteiger partial charge in [-0.2, -0.15) is 8.78 Å². The van der Waals surface area contributed by atoms with Gasteiger partial charge < -0.3 is 20.3 Å². The molecule has 1 amide bonds. The number of alkyl halides is 2. The molecule has 6 nitrogen and oxygen atoms in total. The monoisotopic (exact) mass is 530 g/mol. The quantitative estimate of drug-likeness (QED) is 0.324. The fraction of sp³-hybridized carbons (Fsp3) is 0.333. The largest absolute Gasteiger partial charge is 0.435 e. The number of carbonyl (C=O) groups excluding carboxylic acids is 1. The van der Waals surface area contributed by atoms with Crippen molar-refractivity contribution in [1.82, 2.24) is 10.6 Å². The summed E-state index contributed by atoms with van der Waals surface area (Å²) in [5, 5.41) is 6.35. The van der Waals surface area contributed by atoms with E-state index in [-0.39, 0.29) is 35.6 Å². The second-order valence-electron chi connectivity index (χ2n) is 6.62. The van der Waals surface area contributed by atoms with Gasteiger partial charge in [-0.1, -0.05) is 24.3 Å². The summed E-state index contributed by atoms with van der Waals surface area (Å²) in [6.07, 6.45) is 1.52. The van der Waals surface area contributed by atoms with Crippen LogP contribution in [0.4, 0.5) is 14.5 Å². The second-order valence-corrected chi connectivity index (χ2v) is 6.62. The van der Waals surface area contributed by atoms with E-state index < -0.39 is 6.61 Å². The highest BCUT2D eigenvalue weighted by Gasteiger charge is 2.21. The highest BCUT2D eigenvalue weighted by atomic mass is 127. The Morgan fingerprint density at radius 3 is 2.43 bits per heavy atom. The van der Waals surface area contributed by atoms with Crippen LogP contribution in [0.2, 0.25) is 0 Å². The van der Waals surface area contributed by atoms with Gasteiger partial charge in [0.25, 0.3) is 0 Å². The van der Waals surface area contributed by atoms with E-state index in [0.717, 1.165) is 29.8 Å². The van der Waals surface area contributed by atoms with Crippen molar-refractivity contribution in [2.75, 3.05) is 18.5 Å². The summed E-state index contributed by atoms with van der Waals surface area (Å²) in [6, 6.07) is 14.4. The first kappa shape index (κ1) is 23.8. The average Bonchev–Trinajstić information content (AvgIpc) is 3.14. The number of hydrogen-bond donors (Lipinski definition) is 2. The maximum atomic E-state index is 12.3. The lowest BCUT2D eigenvalue weighted by Gasteiger charge is -2.16. The van der Waals surface area contributed by atoms with Crippen LogP contribution in [-0.2, 0) is 17.9 Å². The Morgan fingerprint density at radius 2 is 1.83 bits per heavy atom. The van der Waals surface area contributed by atoms with Gasteiger partial charge in [-0.05, 0) is 41.8 Å². The molecular weight excluding hydrogens is 505 g/mol. The van der Waals surface area contributed by atoms with E-state index in [1.807, 2.05) is 35.2 Å². The van der Waals surface area contributed by atoms with E-state index in [9.17, 15) is 13.6 Å². The molecule has 2 aromatic carbocycles. The summed E-state index contributed by atoms with van der Waals surface area (Å²) in [5.74, 6) is 0.881. The molecule has 0 saturated carbocycles. The Labute approximate surface area is 191 Å². The van der Waals surface area contributed by atoms with Crippen LogP contribution in [0.15, 0.2) is 53.5 Å². The van der Waals surface area contributed by atoms with Crippen molar-refractivity contribution in [2.24, 2.45) is 4.99 Å². The van der Waals surface area contributed by atoms with Crippen LogP contribution < -0.4 is 20.3 Å². The van der Waals surface area contributed by atoms with Gasteiger partial charge in [0.2, 0.25) is 5.91 Å². The highest BCUT2D eigenvalue weighted by Crippen LogP contribution is 2.21. The van der Waals surface area contributed by atoms with Crippen LogP contribution >= 0.6 is 24.0 Å². The molecule has 1 heterocycles. The molecule has 1 fully saturated rings. The van der Waals surface area contributed by atoms with E-state index in [1.165, 1.54) is 6.07 Å². The fourth-order valence-electron chi connectivity index (χ4n) is 3.14. The molecular formula is C21H25F2IN4O2. The van der Waals surface area contributed by atoms with E-state index in [0.29, 0.717) is 25.5 Å². The third-order valence-corrected chi connectivity index (χ3v) is 4.59. The van der Waals surface area contributed by atoms with Gasteiger partial charge in [0.05, 0.1) is 0 Å². The number of hydrogen-bond acceptors (Lipinski definition) is 3. The molecule has 2 aromatic rings. The summed E-state index contributed by atoms with van der Waals surface area (Å²) in [4.78, 5) is 17.8. The lowest BCUT2D eigenvalue weighted by molar-refractivity contribution is -0.117. The number of amides is 1. The molecule has 3 rings (SSSR count). The molecule has 30 heavy (non-hydrogen) atoms. The Kier molecular flexibility index (Phi) is 9.28. The van der Waals surface area contributed by atoms with Gasteiger partial charge in [0.1, 0.15) is 5.75 Å². The normalized spacial score (nSPS) is 13.9. The van der Waals surface area contributed by atoms with Crippen LogP contribution in [0.5, 0.6) is 5.75 Å². The summed E-state index contributed by atoms with van der Waals surface area (Å²) in [6.45, 7) is -1.10. The van der Waals surface area contributed by atoms with Crippen molar-refractivity contribution in [2.45, 2.75) is 32.5 Å². The third kappa shape index (κ3) is 6.82. The second kappa shape index (κ2) is 11.7. The lowest BCUT2D eigenvalue weighted by atomic mass is 10.2. The van der Waals surface area contributed by atoms with Crippen LogP contribution in [0.3, 0.4) is 0 Å². The summed E-state index contributed by atoms with van der Waals surface area (Å²) >= 11 is 0. The molecule has 0 spiro atoms. The SMILES string of the molecule is CN=C(NCc1ccc(N2CCCC2=O)cc1)NCc1cccc(OC(F)F)c1.I. The number of ether oxygens (including phenoxy) is 1. The Balaban J connectivity index is 0.00000320. The van der Waals surface area contributed by atoms with E-state index in [2.05, 4.69) is 20.4 Å². The molecule has 0 bridgehead atoms. The van der Waals surface area contributed by atoms with E-state index in [4.69, 9.17) is 0 Å². The maximum absolute atomic E-state index is 12.3. The van der Waals surface area contributed by atoms with Gasteiger partial charge >= 0.3 is 6.61 Å². The lowest BCUT2D eigenvalue weighted by Crippen LogP contribution is -2.36. The summed E-state index contributed by atoms with van der Waals surface area (Å²) in [7, 11) is 1.66. The minimum absolute atomic E-state index is 0. The standard InChI is InChI=1S/C21H24F2N4O2.HI/c1-24-21(26-14-16-4-2-5-18(12-16)29-20(22)23)25-13-15-7-9-17(10-8-15)27-11-3-6-19(27)28;/h2,4-5,7-10,12,20H,3,6,11,13-14H2,1H3,(H2,24,25,26);1H. The predicted octanol–water partition coefficient (Wildman–Crippen LogP) is 3.90. The summed E-state index contributed by atoms with van der Waals surface area (Å²) in [5.41, 5.74) is 2.77. The predicted molar refractivity (Wildman–Crippen MR) is 124 cm³/mol. The van der Waals surface area contributed by atoms with Crippen molar-refractivity contribution in [3.05, 3.63) is 59.7 Å². The number of rotatable bonds is 7. The zero-order valence-electron chi connectivity index (χ0n) is 16.6. The van der Waals surface area contributed by atoms with Gasteiger partial charge in [-0.3, -0.25) is 9.79 Å². The van der Waals surface area contributed by atoms with Gasteiger partial charge in [-0.15, -0.1) is 24.0 Å². The molecule has 0 radical (unpaired) electrons. The minimum atomic E-state index is -2.84. The Hall–Kier alpha value is -2.43. The van der Waals surface area contributed by atoms with Crippen LogP contribution in [0, 0.1) is 0 Å². The maximum Gasteiger partial charge on any atom is 0.387 e. The minimum Gasteiger partial charge on any atom is -0.435 e. The van der Waals surface area contributed by atoms with Crippen LogP contribution in [-0.4, -0.2) is 32.1 Å². The third-order valence-electron chi connectivity index (χ3n) is 4.59. The zero-order chi connectivity index (χ0) is 20.6. The number of anilines is 1. The Bertz CT molecular complexity index is 862. The smallest absolute Gasteiger partial charge is 0.387 e. The molecule has 0 atom stereocenters. The zero-order valence-corrected chi connectivity index (χ0v) is 18.9. The van der Waals surface area contributed by atoms with Crippen molar-refractivity contribution >= 4 is 41.5 Å². The number of nitrogens with one attached hydrogen (secondary N) is 2. The molecule has 0 aromatic heterocycles. The average molecular weight is 530 g/mol. The molecule has 2 N–H and O–H groups in total. The topological polar surface area (TPSA) is 66.0 Å². The first-order chi connectivity index (χ1) is 14.0. The van der Waals surface area contributed by atoms with Crippen LogP contribution in [0.1, 0.15) is 24.0 Å². The number of guanidine groups is 1. The summed E-state index contributed by atoms with van der Waals surface area (Å²) < 4.78 is 29.1. The molecule has 1 aliphatic rings. The number of carbonyl (C=O) groups is 1. The number of aliphatic imine (C=N–C) groups is 1. The molecule has 162 valence electrons. The molecule has 1 saturated heterocycles. The van der Waals surface area contributed by atoms with Crippen molar-refractivity contribution < 1.29 is 18.3 Å². The van der Waals surface area contributed by atoms with Gasteiger partial charge in [-0.25, -0.2) is 0 Å². The molecule has 0 aliphatic carbocycles. The highest BCUT2D eigenvalue weighted by molar-refractivity contribution is 14.0. The van der Waals surface area contributed by atoms with Crippen molar-refractivity contribution in [1.29, 1.82) is 0 Å². The molecule has 9 heteroatoms. The van der Waals surface area contributed by atoms with Crippen LogP contribution in [0.25, 0.3) is 0 Å². The first-order valence-electron chi connectivity index (χ1n) is 9.43. The number of nitrogens with zero attached hydrogens (tertiary/aromatic N) is 2. The fourth-order valence-corrected chi connectivity index (χ4v) is 3.14. The number of benzene rings is 2. The van der Waals surface area contributed by atoms with Gasteiger partial charge in [0.15, 0.2) is 5.96 Å². The van der Waals surface area contributed by atoms with Gasteiger partial charge in [0, 0.05) is 38.8 Å². The first-order valence-corrected chi connectivity index (χ1v) is 9.43. The van der Waals surface area contributed by atoms with E-state index in [1.54, 1.807) is 19.2 Å². The molecule has 0 unspecified atom stereocenters. The van der Waals surface area contributed by atoms with E-state index >= 15 is 0 Å². The Morgan fingerprint density at radius 1 is 1.13 bits per heavy atom. The van der Waals surface area contributed by atoms with Crippen molar-refractivity contribution in [3.63, 3.8) is 0 Å². The van der Waals surface area contributed by atoms with Crippen molar-refractivity contribution in [3.8, 4) is 5.75 Å². The number of halogens is 3.